The van der Waals surface area contributed by atoms with Gasteiger partial charge in [-0.3, -0.25) is 0 Å². The number of terminal acetylenes is 1. The zero-order valence-corrected chi connectivity index (χ0v) is 22.4. The molecule has 6 radical (unpaired) electrons. The smallest absolute Gasteiger partial charge is 0.187 e. The fraction of sp³-hybridized carbons (Fsp3) is 0.370. The van der Waals surface area contributed by atoms with Crippen LogP contribution in [0, 0.1) is 37.9 Å². The first kappa shape index (κ1) is 27.6. The Morgan fingerprint density at radius 1 is 1.30 bits per heavy atom. The summed E-state index contributed by atoms with van der Waals surface area (Å²) in [7, 11) is 16.8. The maximum atomic E-state index is 14.6. The molecule has 184 valence electrons. The highest BCUT2D eigenvalue weighted by Gasteiger charge is 2.32. The molecule has 1 aliphatic rings. The molecule has 0 bridgehead atoms. The third-order valence-corrected chi connectivity index (χ3v) is 7.68. The number of aryl methyl sites for hydroxylation is 2. The van der Waals surface area contributed by atoms with E-state index in [1.165, 1.54) is 17.4 Å². The van der Waals surface area contributed by atoms with E-state index >= 15 is 0 Å². The van der Waals surface area contributed by atoms with Crippen LogP contribution in [-0.4, -0.2) is 45.5 Å². The minimum Gasteiger partial charge on any atom is -0.516 e. The Hall–Kier alpha value is -2.40. The molecule has 10 heteroatoms. The molecule has 1 aliphatic carbocycles. The number of benzene rings is 2. The maximum Gasteiger partial charge on any atom is 0.187 e. The first-order valence-corrected chi connectivity index (χ1v) is 13.1. The second kappa shape index (κ2) is 11.1. The van der Waals surface area contributed by atoms with Crippen molar-refractivity contribution >= 4 is 51.6 Å². The van der Waals surface area contributed by atoms with Crippen molar-refractivity contribution < 1.29 is 14.2 Å². The Bertz CT molecular complexity index is 1330. The molecule has 2 aromatic carbocycles. The fourth-order valence-electron chi connectivity index (χ4n) is 4.32. The van der Waals surface area contributed by atoms with Crippen LogP contribution in [0.5, 0.6) is 5.75 Å². The summed E-state index contributed by atoms with van der Waals surface area (Å²) in [6.07, 6.45) is 8.89. The Labute approximate surface area is 230 Å². The standard InChI is InChI=1S/C27H25B3ClFN2O2S/c1-4-9-34(23(11-17-5-6-17)18-7-8-19(14-35)22(32)12-18)26-33-25(16(3)37-26)20-10-15(2)24(13-21(20)31)36-27(28,29)30/h1,7-8,10,12-13,17,23,35H,5-6,9,11,14H2,2-3H3. The van der Waals surface area contributed by atoms with Crippen LogP contribution in [0.1, 0.15) is 46.9 Å². The minimum atomic E-state index is -1.83. The second-order valence-electron chi connectivity index (χ2n) is 9.49. The van der Waals surface area contributed by atoms with E-state index in [9.17, 15) is 9.50 Å². The summed E-state index contributed by atoms with van der Waals surface area (Å²) < 4.78 is 20.1. The second-order valence-corrected chi connectivity index (χ2v) is 11.1. The lowest BCUT2D eigenvalue weighted by atomic mass is 9.52. The molecule has 0 spiro atoms. The zero-order valence-electron chi connectivity index (χ0n) is 20.8. The predicted octanol–water partition coefficient (Wildman–Crippen LogP) is 5.19. The Morgan fingerprint density at radius 2 is 2.03 bits per heavy atom. The number of thiazole rings is 1. The van der Waals surface area contributed by atoms with Gasteiger partial charge in [-0.25, -0.2) is 9.37 Å². The van der Waals surface area contributed by atoms with Gasteiger partial charge in [0, 0.05) is 16.0 Å². The van der Waals surface area contributed by atoms with Gasteiger partial charge in [-0.15, -0.1) is 17.8 Å². The van der Waals surface area contributed by atoms with Gasteiger partial charge in [0.1, 0.15) is 35.1 Å². The molecule has 1 aromatic heterocycles. The van der Waals surface area contributed by atoms with Crippen LogP contribution in [0.15, 0.2) is 30.3 Å². The Balaban J connectivity index is 1.73. The van der Waals surface area contributed by atoms with E-state index in [4.69, 9.17) is 51.3 Å². The van der Waals surface area contributed by atoms with E-state index in [2.05, 4.69) is 10.8 Å². The van der Waals surface area contributed by atoms with Gasteiger partial charge >= 0.3 is 0 Å². The fourth-order valence-corrected chi connectivity index (χ4v) is 5.54. The monoisotopic (exact) mass is 528 g/mol. The Kier molecular flexibility index (Phi) is 8.33. The number of aromatic nitrogens is 1. The molecule has 0 saturated heterocycles. The molecule has 0 amide bonds. The van der Waals surface area contributed by atoms with E-state index in [-0.39, 0.29) is 18.2 Å². The highest BCUT2D eigenvalue weighted by Crippen LogP contribution is 2.44. The topological polar surface area (TPSA) is 45.6 Å². The average Bonchev–Trinajstić information content (AvgIpc) is 3.57. The van der Waals surface area contributed by atoms with Crippen LogP contribution in [0.4, 0.5) is 9.52 Å². The number of anilines is 1. The molecule has 1 saturated carbocycles. The van der Waals surface area contributed by atoms with Gasteiger partial charge in [0.25, 0.3) is 0 Å². The molecular weight excluding hydrogens is 503 g/mol. The van der Waals surface area contributed by atoms with E-state index in [0.29, 0.717) is 28.9 Å². The summed E-state index contributed by atoms with van der Waals surface area (Å²) in [5, 5.41) is 8.71. The number of hydrogen-bond acceptors (Lipinski definition) is 5. The van der Waals surface area contributed by atoms with E-state index in [1.807, 2.05) is 26.0 Å². The molecule has 1 N–H and O–H groups in total. The molecular formula is C27H25B3ClFN2O2S. The van der Waals surface area contributed by atoms with Gasteiger partial charge in [-0.1, -0.05) is 42.5 Å². The van der Waals surface area contributed by atoms with Crippen molar-refractivity contribution in [3.63, 3.8) is 0 Å². The highest BCUT2D eigenvalue weighted by molar-refractivity contribution is 7.16. The SMILES string of the molecule is [B]C([B])([B])Oc1cc(Cl)c(-c2nc(N(CC#C)C(CC3CC3)c3ccc(CO)c(F)c3)sc2C)cc1C. The number of halogens is 2. The van der Waals surface area contributed by atoms with Crippen molar-refractivity contribution in [2.45, 2.75) is 51.1 Å². The molecule has 4 rings (SSSR count). The van der Waals surface area contributed by atoms with Gasteiger partial charge < -0.3 is 14.7 Å². The normalized spacial score (nSPS) is 14.3. The number of rotatable bonds is 10. The third kappa shape index (κ3) is 6.55. The molecule has 4 nitrogen and oxygen atoms in total. The summed E-state index contributed by atoms with van der Waals surface area (Å²) in [5.74, 6) is 3.24. The molecule has 37 heavy (non-hydrogen) atoms. The van der Waals surface area contributed by atoms with Gasteiger partial charge in [0.05, 0.1) is 29.9 Å². The third-order valence-electron chi connectivity index (χ3n) is 6.36. The van der Waals surface area contributed by atoms with Crippen LogP contribution in [0.25, 0.3) is 11.3 Å². The summed E-state index contributed by atoms with van der Waals surface area (Å²) >= 11 is 8.13. The summed E-state index contributed by atoms with van der Waals surface area (Å²) in [6.45, 7) is 3.76. The van der Waals surface area contributed by atoms with Crippen molar-refractivity contribution in [1.82, 2.24) is 4.98 Å². The van der Waals surface area contributed by atoms with Gasteiger partial charge in [0.2, 0.25) is 0 Å². The van der Waals surface area contributed by atoms with Crippen molar-refractivity contribution in [2.24, 2.45) is 5.92 Å². The zero-order chi connectivity index (χ0) is 26.9. The summed E-state index contributed by atoms with van der Waals surface area (Å²) in [4.78, 5) is 7.95. The first-order chi connectivity index (χ1) is 17.5. The van der Waals surface area contributed by atoms with Gasteiger partial charge in [-0.2, -0.15) is 0 Å². The number of aliphatic hydroxyl groups excluding tert-OH is 1. The molecule has 0 aliphatic heterocycles. The Morgan fingerprint density at radius 3 is 2.62 bits per heavy atom. The lowest BCUT2D eigenvalue weighted by molar-refractivity contribution is 0.275. The van der Waals surface area contributed by atoms with Crippen LogP contribution >= 0.6 is 22.9 Å². The molecule has 1 unspecified atom stereocenters. The maximum absolute atomic E-state index is 14.6. The van der Waals surface area contributed by atoms with E-state index in [0.717, 1.165) is 46.0 Å². The highest BCUT2D eigenvalue weighted by atomic mass is 35.5. The predicted molar refractivity (Wildman–Crippen MR) is 151 cm³/mol. The number of nitrogens with zero attached hydrogens (tertiary/aromatic N) is 2. The molecule has 1 atom stereocenters. The van der Waals surface area contributed by atoms with Crippen LogP contribution in [0.2, 0.25) is 5.02 Å². The van der Waals surface area contributed by atoms with Gasteiger partial charge in [-0.05, 0) is 60.8 Å². The lowest BCUT2D eigenvalue weighted by Crippen LogP contribution is -2.37. The van der Waals surface area contributed by atoms with Crippen molar-refractivity contribution in [2.75, 3.05) is 11.4 Å². The molecule has 3 aromatic rings. The van der Waals surface area contributed by atoms with Gasteiger partial charge in [0.15, 0.2) is 5.13 Å². The largest absolute Gasteiger partial charge is 0.516 e. The number of hydrogen-bond donors (Lipinski definition) is 1. The molecule has 1 fully saturated rings. The quantitative estimate of drug-likeness (QED) is 0.291. The minimum absolute atomic E-state index is 0.163. The van der Waals surface area contributed by atoms with Crippen LogP contribution < -0.4 is 9.64 Å². The van der Waals surface area contributed by atoms with Crippen LogP contribution in [-0.2, 0) is 6.61 Å². The molecule has 1 heterocycles. The average molecular weight is 528 g/mol. The van der Waals surface area contributed by atoms with Crippen LogP contribution in [0.3, 0.4) is 0 Å². The van der Waals surface area contributed by atoms with Crippen molar-refractivity contribution in [3.05, 3.63) is 62.7 Å². The number of ether oxygens (including phenoxy) is 1. The van der Waals surface area contributed by atoms with Crippen molar-refractivity contribution in [1.29, 1.82) is 0 Å². The number of aliphatic hydroxyl groups is 1. The van der Waals surface area contributed by atoms with E-state index in [1.54, 1.807) is 12.1 Å². The van der Waals surface area contributed by atoms with E-state index < -0.39 is 11.1 Å². The summed E-state index contributed by atoms with van der Waals surface area (Å²) in [6, 6.07) is 8.29. The van der Waals surface area contributed by atoms with Crippen molar-refractivity contribution in [3.8, 4) is 29.4 Å². The summed E-state index contributed by atoms with van der Waals surface area (Å²) in [5.41, 5.74) is 3.24. The lowest BCUT2D eigenvalue weighted by Gasteiger charge is -2.31. The first-order valence-electron chi connectivity index (χ1n) is 11.9.